The molecule has 2 bridgehead atoms. The van der Waals surface area contributed by atoms with Gasteiger partial charge in [-0.05, 0) is 24.3 Å². The number of carbonyl (C=O) groups excluding carboxylic acids is 2. The predicted molar refractivity (Wildman–Crippen MR) is 88.5 cm³/mol. The fraction of sp³-hybridized carbons (Fsp3) is 0.778. The van der Waals surface area contributed by atoms with E-state index in [1.54, 1.807) is 6.92 Å². The highest BCUT2D eigenvalue weighted by Gasteiger charge is 2.46. The summed E-state index contributed by atoms with van der Waals surface area (Å²) in [5.74, 6) is -2.18. The Bertz CT molecular complexity index is 576. The van der Waals surface area contributed by atoms with Crippen molar-refractivity contribution in [1.29, 1.82) is 0 Å². The molecule has 25 heavy (non-hydrogen) atoms. The van der Waals surface area contributed by atoms with Gasteiger partial charge in [-0.25, -0.2) is 4.79 Å². The van der Waals surface area contributed by atoms with Crippen LogP contribution in [0.2, 0.25) is 0 Å². The lowest BCUT2D eigenvalue weighted by Crippen LogP contribution is -2.50. The number of esters is 2. The molecule has 0 amide bonds. The van der Waals surface area contributed by atoms with Crippen LogP contribution in [0.1, 0.15) is 33.1 Å². The van der Waals surface area contributed by atoms with Gasteiger partial charge in [-0.1, -0.05) is 19.9 Å². The molecular formula is C18H27NO6. The van der Waals surface area contributed by atoms with Gasteiger partial charge in [-0.15, -0.1) is 0 Å². The number of hydrogen-bond acceptors (Lipinski definition) is 7. The highest BCUT2D eigenvalue weighted by atomic mass is 16.6. The molecule has 3 rings (SSSR count). The van der Waals surface area contributed by atoms with E-state index in [9.17, 15) is 19.8 Å². The summed E-state index contributed by atoms with van der Waals surface area (Å²) in [7, 11) is 0. The summed E-state index contributed by atoms with van der Waals surface area (Å²) >= 11 is 0. The molecule has 140 valence electrons. The first-order valence-corrected chi connectivity index (χ1v) is 9.03. The molecule has 5 unspecified atom stereocenters. The van der Waals surface area contributed by atoms with Gasteiger partial charge in [0.2, 0.25) is 0 Å². The molecule has 7 heteroatoms. The van der Waals surface area contributed by atoms with E-state index in [4.69, 9.17) is 9.47 Å². The maximum atomic E-state index is 12.6. The Morgan fingerprint density at radius 3 is 2.80 bits per heavy atom. The van der Waals surface area contributed by atoms with E-state index in [0.717, 1.165) is 12.1 Å². The molecule has 5 atom stereocenters. The monoisotopic (exact) mass is 353 g/mol. The Balaban J connectivity index is 1.87. The maximum Gasteiger partial charge on any atom is 0.341 e. The van der Waals surface area contributed by atoms with Crippen molar-refractivity contribution >= 4 is 11.9 Å². The zero-order valence-electron chi connectivity index (χ0n) is 14.8. The summed E-state index contributed by atoms with van der Waals surface area (Å²) in [6, 6.07) is 0.103. The van der Waals surface area contributed by atoms with Gasteiger partial charge < -0.3 is 19.7 Å². The number of fused-ring (bicyclic) bond motifs is 1. The fourth-order valence-electron chi connectivity index (χ4n) is 4.07. The van der Waals surface area contributed by atoms with Crippen LogP contribution in [0.4, 0.5) is 0 Å². The Hall–Kier alpha value is -1.44. The van der Waals surface area contributed by atoms with E-state index in [-0.39, 0.29) is 31.1 Å². The van der Waals surface area contributed by atoms with Crippen LogP contribution < -0.4 is 0 Å². The van der Waals surface area contributed by atoms with Crippen LogP contribution in [0, 0.1) is 11.8 Å². The van der Waals surface area contributed by atoms with Crippen LogP contribution in [0.25, 0.3) is 0 Å². The lowest BCUT2D eigenvalue weighted by molar-refractivity contribution is -0.178. The molecule has 0 aromatic carbocycles. The van der Waals surface area contributed by atoms with Crippen LogP contribution in [0.3, 0.4) is 0 Å². The van der Waals surface area contributed by atoms with Gasteiger partial charge in [0.1, 0.15) is 12.7 Å². The highest BCUT2D eigenvalue weighted by molar-refractivity contribution is 5.80. The zero-order valence-corrected chi connectivity index (χ0v) is 14.8. The van der Waals surface area contributed by atoms with E-state index >= 15 is 0 Å². The molecule has 2 saturated heterocycles. The Morgan fingerprint density at radius 2 is 2.12 bits per heavy atom. The largest absolute Gasteiger partial charge is 0.461 e. The fourth-order valence-corrected chi connectivity index (χ4v) is 4.07. The molecule has 0 aliphatic carbocycles. The molecule has 0 aromatic rings. The first kappa shape index (κ1) is 18.4. The van der Waals surface area contributed by atoms with Crippen molar-refractivity contribution in [2.75, 3.05) is 26.3 Å². The van der Waals surface area contributed by atoms with Crippen LogP contribution in [0.15, 0.2) is 11.6 Å². The lowest BCUT2D eigenvalue weighted by Gasteiger charge is -2.32. The second kappa shape index (κ2) is 7.05. The van der Waals surface area contributed by atoms with Crippen LogP contribution in [0.5, 0.6) is 0 Å². The van der Waals surface area contributed by atoms with Crippen molar-refractivity contribution < 1.29 is 29.3 Å². The van der Waals surface area contributed by atoms with Gasteiger partial charge in [-0.2, -0.15) is 0 Å². The normalized spacial score (nSPS) is 39.8. The standard InChI is InChI=1S/C18H27NO6/c1-3-12-6-11(2)18(23,10-20)17(22)24-9-13-4-5-19-8-14(7-15(13)19)25-16(12)21/h4,11-12,14-15,20,23H,3,5-10H2,1-2H3. The summed E-state index contributed by atoms with van der Waals surface area (Å²) in [5, 5.41) is 20.3. The van der Waals surface area contributed by atoms with Crippen molar-refractivity contribution in [1.82, 2.24) is 4.90 Å². The van der Waals surface area contributed by atoms with Crippen molar-refractivity contribution in [2.45, 2.75) is 50.9 Å². The molecule has 2 fully saturated rings. The van der Waals surface area contributed by atoms with Gasteiger partial charge in [0, 0.05) is 25.6 Å². The number of ether oxygens (including phenoxy) is 2. The molecule has 7 nitrogen and oxygen atoms in total. The molecular weight excluding hydrogens is 326 g/mol. The minimum atomic E-state index is -2.01. The van der Waals surface area contributed by atoms with E-state index in [0.29, 0.717) is 19.4 Å². The van der Waals surface area contributed by atoms with E-state index < -0.39 is 30.0 Å². The van der Waals surface area contributed by atoms with Gasteiger partial charge in [0.15, 0.2) is 5.60 Å². The summed E-state index contributed by atoms with van der Waals surface area (Å²) in [5.41, 5.74) is -1.05. The second-order valence-electron chi connectivity index (χ2n) is 7.44. The summed E-state index contributed by atoms with van der Waals surface area (Å²) in [4.78, 5) is 27.2. The smallest absolute Gasteiger partial charge is 0.341 e. The molecule has 2 N–H and O–H groups in total. The molecule has 0 spiro atoms. The minimum Gasteiger partial charge on any atom is -0.461 e. The van der Waals surface area contributed by atoms with Crippen LogP contribution >= 0.6 is 0 Å². The second-order valence-corrected chi connectivity index (χ2v) is 7.44. The zero-order chi connectivity index (χ0) is 18.2. The number of carbonyl (C=O) groups is 2. The van der Waals surface area contributed by atoms with Gasteiger partial charge in [0.25, 0.3) is 0 Å². The van der Waals surface area contributed by atoms with Gasteiger partial charge in [0.05, 0.1) is 12.5 Å². The number of cyclic esters (lactones) is 1. The van der Waals surface area contributed by atoms with Gasteiger partial charge in [-0.3, -0.25) is 9.69 Å². The third-order valence-electron chi connectivity index (χ3n) is 5.91. The minimum absolute atomic E-state index is 0.0902. The number of nitrogens with zero attached hydrogens (tertiary/aromatic N) is 1. The van der Waals surface area contributed by atoms with Crippen LogP contribution in [-0.4, -0.2) is 71.1 Å². The third-order valence-corrected chi connectivity index (χ3v) is 5.91. The Kier molecular flexibility index (Phi) is 5.18. The first-order valence-electron chi connectivity index (χ1n) is 9.03. The maximum absolute atomic E-state index is 12.6. The van der Waals surface area contributed by atoms with Crippen molar-refractivity contribution in [3.63, 3.8) is 0 Å². The number of rotatable bonds is 2. The van der Waals surface area contributed by atoms with E-state index in [2.05, 4.69) is 4.90 Å². The Morgan fingerprint density at radius 1 is 1.36 bits per heavy atom. The lowest BCUT2D eigenvalue weighted by atomic mass is 9.81. The average Bonchev–Trinajstić information content (AvgIpc) is 3.15. The van der Waals surface area contributed by atoms with Crippen molar-refractivity contribution in [3.05, 3.63) is 11.6 Å². The van der Waals surface area contributed by atoms with E-state index in [1.165, 1.54) is 0 Å². The molecule has 0 radical (unpaired) electrons. The van der Waals surface area contributed by atoms with Crippen molar-refractivity contribution in [3.8, 4) is 0 Å². The summed E-state index contributed by atoms with van der Waals surface area (Å²) < 4.78 is 11.0. The molecule has 0 saturated carbocycles. The average molecular weight is 353 g/mol. The SMILES string of the molecule is CCC1CC(C)C(O)(CO)C(=O)OCC2=CCN3CC(CC23)OC1=O. The van der Waals surface area contributed by atoms with Gasteiger partial charge >= 0.3 is 11.9 Å². The number of aliphatic hydroxyl groups excluding tert-OH is 1. The summed E-state index contributed by atoms with van der Waals surface area (Å²) in [6.07, 6.45) is 3.37. The quantitative estimate of drug-likeness (QED) is 0.542. The molecule has 3 aliphatic rings. The summed E-state index contributed by atoms with van der Waals surface area (Å²) in [6.45, 7) is 4.31. The third kappa shape index (κ3) is 3.32. The number of aliphatic hydroxyl groups is 2. The first-order chi connectivity index (χ1) is 11.9. The Labute approximate surface area is 147 Å². The molecule has 0 aromatic heterocycles. The number of hydrogen-bond donors (Lipinski definition) is 2. The van der Waals surface area contributed by atoms with Crippen molar-refractivity contribution in [2.24, 2.45) is 11.8 Å². The molecule has 3 aliphatic heterocycles. The molecule has 3 heterocycles. The van der Waals surface area contributed by atoms with Crippen LogP contribution in [-0.2, 0) is 19.1 Å². The highest BCUT2D eigenvalue weighted by Crippen LogP contribution is 2.34. The predicted octanol–water partition coefficient (Wildman–Crippen LogP) is 0.245. The topological polar surface area (TPSA) is 96.3 Å². The van der Waals surface area contributed by atoms with E-state index in [1.807, 2.05) is 13.0 Å².